The Morgan fingerprint density at radius 1 is 1.17 bits per heavy atom. The SMILES string of the molecule is O=C(Nc1cccc(OCCC(F)F)n1)c1ccc(NS(=O)(=O)CCO)cc1N1CCC2(CC1)CC2. The van der Waals surface area contributed by atoms with E-state index >= 15 is 0 Å². The molecule has 3 N–H and O–H groups in total. The number of carbonyl (C=O) groups excluding carboxylic acids is 1. The second kappa shape index (κ2) is 11.0. The van der Waals surface area contributed by atoms with Gasteiger partial charge >= 0.3 is 0 Å². The summed E-state index contributed by atoms with van der Waals surface area (Å²) in [5.41, 5.74) is 1.65. The molecular weight excluding hydrogens is 494 g/mol. The molecule has 2 aromatic rings. The Kier molecular flexibility index (Phi) is 7.94. The molecule has 1 amide bonds. The molecule has 0 unspecified atom stereocenters. The van der Waals surface area contributed by atoms with E-state index in [4.69, 9.17) is 9.84 Å². The van der Waals surface area contributed by atoms with Gasteiger partial charge in [0.1, 0.15) is 5.82 Å². The third kappa shape index (κ3) is 6.82. The summed E-state index contributed by atoms with van der Waals surface area (Å²) in [6.45, 7) is 0.794. The summed E-state index contributed by atoms with van der Waals surface area (Å²) in [7, 11) is -3.73. The minimum atomic E-state index is -3.73. The monoisotopic (exact) mass is 524 g/mol. The molecule has 0 atom stereocenters. The molecule has 1 aromatic carbocycles. The largest absolute Gasteiger partial charge is 0.477 e. The van der Waals surface area contributed by atoms with Crippen molar-refractivity contribution >= 4 is 33.1 Å². The van der Waals surface area contributed by atoms with Crippen molar-refractivity contribution in [3.63, 3.8) is 0 Å². The van der Waals surface area contributed by atoms with Crippen molar-refractivity contribution in [2.45, 2.75) is 38.5 Å². The summed E-state index contributed by atoms with van der Waals surface area (Å²) in [5, 5.41) is 11.7. The highest BCUT2D eigenvalue weighted by Gasteiger charge is 2.44. The lowest BCUT2D eigenvalue weighted by Gasteiger charge is -2.35. The Morgan fingerprint density at radius 2 is 1.92 bits per heavy atom. The Bertz CT molecular complexity index is 1180. The van der Waals surface area contributed by atoms with E-state index in [0.29, 0.717) is 22.4 Å². The number of halogens is 2. The van der Waals surface area contributed by atoms with Gasteiger partial charge in [-0.05, 0) is 55.4 Å². The van der Waals surface area contributed by atoms with Crippen LogP contribution in [0.5, 0.6) is 5.88 Å². The fraction of sp³-hybridized carbons (Fsp3) is 0.500. The molecule has 1 saturated heterocycles. The maximum atomic E-state index is 13.2. The summed E-state index contributed by atoms with van der Waals surface area (Å²) in [5.74, 6) is -0.561. The number of nitrogens with one attached hydrogen (secondary N) is 2. The first-order valence-corrected chi connectivity index (χ1v) is 13.5. The van der Waals surface area contributed by atoms with Crippen molar-refractivity contribution in [2.75, 3.05) is 47.0 Å². The number of aliphatic hydroxyl groups is 1. The van der Waals surface area contributed by atoms with Crippen molar-refractivity contribution in [1.82, 2.24) is 4.98 Å². The van der Waals surface area contributed by atoms with E-state index in [1.807, 2.05) is 0 Å². The number of rotatable bonds is 11. The highest BCUT2D eigenvalue weighted by molar-refractivity contribution is 7.92. The molecule has 2 fully saturated rings. The minimum absolute atomic E-state index is 0.119. The fourth-order valence-electron chi connectivity index (χ4n) is 4.30. The Morgan fingerprint density at radius 3 is 2.58 bits per heavy atom. The summed E-state index contributed by atoms with van der Waals surface area (Å²) in [6.07, 6.45) is 1.55. The van der Waals surface area contributed by atoms with Crippen LogP contribution >= 0.6 is 0 Å². The van der Waals surface area contributed by atoms with Gasteiger partial charge in [-0.3, -0.25) is 9.52 Å². The number of piperidine rings is 1. The number of sulfonamides is 1. The number of hydrogen-bond donors (Lipinski definition) is 3. The first-order chi connectivity index (χ1) is 17.2. The summed E-state index contributed by atoms with van der Waals surface area (Å²) in [6, 6.07) is 9.35. The van der Waals surface area contributed by atoms with Gasteiger partial charge in [-0.2, -0.15) is 4.98 Å². The summed E-state index contributed by atoms with van der Waals surface area (Å²) in [4.78, 5) is 19.5. The molecular formula is C24H30F2N4O5S. The van der Waals surface area contributed by atoms with Crippen molar-refractivity contribution in [3.05, 3.63) is 42.0 Å². The quantitative estimate of drug-likeness (QED) is 0.412. The lowest BCUT2D eigenvalue weighted by atomic mass is 9.93. The number of anilines is 3. The van der Waals surface area contributed by atoms with Crippen molar-refractivity contribution < 1.29 is 31.8 Å². The van der Waals surface area contributed by atoms with E-state index in [9.17, 15) is 22.0 Å². The summed E-state index contributed by atoms with van der Waals surface area (Å²) < 4.78 is 56.7. The van der Waals surface area contributed by atoms with Crippen molar-refractivity contribution in [2.24, 2.45) is 5.41 Å². The fourth-order valence-corrected chi connectivity index (χ4v) is 5.13. The number of pyridine rings is 1. The van der Waals surface area contributed by atoms with Crippen molar-refractivity contribution in [1.29, 1.82) is 0 Å². The van der Waals surface area contributed by atoms with E-state index in [1.54, 1.807) is 24.3 Å². The van der Waals surface area contributed by atoms with Gasteiger partial charge < -0.3 is 20.1 Å². The lowest BCUT2D eigenvalue weighted by molar-refractivity contribution is 0.102. The lowest BCUT2D eigenvalue weighted by Crippen LogP contribution is -2.35. The molecule has 2 heterocycles. The average molecular weight is 525 g/mol. The Labute approximate surface area is 208 Å². The van der Waals surface area contributed by atoms with Crippen LogP contribution in [0.25, 0.3) is 0 Å². The van der Waals surface area contributed by atoms with Gasteiger partial charge in [0.15, 0.2) is 0 Å². The van der Waals surface area contributed by atoms with Gasteiger partial charge in [-0.15, -0.1) is 0 Å². The van der Waals surface area contributed by atoms with Gasteiger partial charge in [-0.25, -0.2) is 17.2 Å². The predicted molar refractivity (Wildman–Crippen MR) is 132 cm³/mol. The van der Waals surface area contributed by atoms with Crippen LogP contribution in [0, 0.1) is 5.41 Å². The first-order valence-electron chi connectivity index (χ1n) is 11.9. The smallest absolute Gasteiger partial charge is 0.258 e. The molecule has 12 heteroatoms. The molecule has 1 aromatic heterocycles. The van der Waals surface area contributed by atoms with Crippen LogP contribution in [0.15, 0.2) is 36.4 Å². The van der Waals surface area contributed by atoms with Gasteiger partial charge in [0.05, 0.1) is 35.9 Å². The van der Waals surface area contributed by atoms with Crippen LogP contribution in [0.2, 0.25) is 0 Å². The molecule has 1 saturated carbocycles. The molecule has 1 aliphatic carbocycles. The molecule has 4 rings (SSSR count). The van der Waals surface area contributed by atoms with E-state index in [1.165, 1.54) is 25.0 Å². The Hall–Kier alpha value is -2.99. The number of nitrogens with zero attached hydrogens (tertiary/aromatic N) is 2. The molecule has 1 aliphatic heterocycles. The molecule has 0 radical (unpaired) electrons. The van der Waals surface area contributed by atoms with E-state index in [2.05, 4.69) is 19.9 Å². The van der Waals surface area contributed by atoms with Gasteiger partial charge in [0.25, 0.3) is 5.91 Å². The zero-order valence-electron chi connectivity index (χ0n) is 19.8. The minimum Gasteiger partial charge on any atom is -0.477 e. The van der Waals surface area contributed by atoms with Crippen LogP contribution < -0.4 is 19.7 Å². The highest BCUT2D eigenvalue weighted by atomic mass is 32.2. The van der Waals surface area contributed by atoms with Gasteiger partial charge in [-0.1, -0.05) is 6.07 Å². The number of amides is 1. The van der Waals surface area contributed by atoms with Gasteiger partial charge in [0, 0.05) is 25.6 Å². The van der Waals surface area contributed by atoms with Crippen LogP contribution in [0.1, 0.15) is 42.5 Å². The normalized spacial score (nSPS) is 16.7. The van der Waals surface area contributed by atoms with Crippen LogP contribution in [-0.2, 0) is 10.0 Å². The average Bonchev–Trinajstić information content (AvgIpc) is 3.58. The van der Waals surface area contributed by atoms with E-state index in [-0.39, 0.29) is 18.3 Å². The Balaban J connectivity index is 1.54. The zero-order valence-corrected chi connectivity index (χ0v) is 20.6. The van der Waals surface area contributed by atoms with Crippen molar-refractivity contribution in [3.8, 4) is 5.88 Å². The second-order valence-electron chi connectivity index (χ2n) is 9.21. The third-order valence-corrected chi connectivity index (χ3v) is 7.82. The van der Waals surface area contributed by atoms with Gasteiger partial charge in [0.2, 0.25) is 22.3 Å². The molecule has 196 valence electrons. The van der Waals surface area contributed by atoms with E-state index < -0.39 is 41.1 Å². The van der Waals surface area contributed by atoms with Crippen LogP contribution in [-0.4, -0.2) is 62.9 Å². The summed E-state index contributed by atoms with van der Waals surface area (Å²) >= 11 is 0. The number of benzene rings is 1. The number of alkyl halides is 2. The number of carbonyl (C=O) groups is 1. The molecule has 1 spiro atoms. The highest BCUT2D eigenvalue weighted by Crippen LogP contribution is 2.54. The first kappa shape index (κ1) is 26.1. The molecule has 0 bridgehead atoms. The standard InChI is InChI=1S/C24H30F2N4O5S/c25-20(26)6-14-35-22-3-1-2-21(27-22)28-23(32)18-5-4-17(29-36(33,34)15-13-31)16-19(18)30-11-9-24(7-8-24)10-12-30/h1-5,16,20,29,31H,6-15H2,(H,27,28,32). The second-order valence-corrected chi connectivity index (χ2v) is 11.0. The number of hydrogen-bond acceptors (Lipinski definition) is 7. The third-order valence-electron chi connectivity index (χ3n) is 6.55. The van der Waals surface area contributed by atoms with E-state index in [0.717, 1.165) is 25.9 Å². The predicted octanol–water partition coefficient (Wildman–Crippen LogP) is 3.48. The number of aromatic nitrogens is 1. The molecule has 2 aliphatic rings. The zero-order chi connectivity index (χ0) is 25.8. The molecule has 9 nitrogen and oxygen atoms in total. The van der Waals surface area contributed by atoms with Crippen LogP contribution in [0.4, 0.5) is 26.0 Å². The number of ether oxygens (including phenoxy) is 1. The topological polar surface area (TPSA) is 121 Å². The maximum absolute atomic E-state index is 13.2. The maximum Gasteiger partial charge on any atom is 0.258 e. The molecule has 36 heavy (non-hydrogen) atoms. The van der Waals surface area contributed by atoms with Crippen LogP contribution in [0.3, 0.4) is 0 Å². The number of aliphatic hydroxyl groups excluding tert-OH is 1.